The first-order chi connectivity index (χ1) is 13.6. The van der Waals surface area contributed by atoms with E-state index in [9.17, 15) is 4.79 Å². The van der Waals surface area contributed by atoms with Crippen LogP contribution in [0.4, 0.5) is 0 Å². The zero-order valence-electron chi connectivity index (χ0n) is 16.2. The average Bonchev–Trinajstić information content (AvgIpc) is 3.10. The summed E-state index contributed by atoms with van der Waals surface area (Å²) >= 11 is 1.32. The maximum absolute atomic E-state index is 12.1. The molecule has 0 N–H and O–H groups in total. The van der Waals surface area contributed by atoms with Crippen molar-refractivity contribution in [1.82, 2.24) is 14.8 Å². The first-order valence-corrected chi connectivity index (χ1v) is 9.97. The molecule has 0 aliphatic heterocycles. The summed E-state index contributed by atoms with van der Waals surface area (Å²) in [6, 6.07) is 17.8. The SMILES string of the molecule is CCOC(=O)C(C)Sc1nnc(Cc2ccccc2)n1-c1ccccc1OC. The highest BCUT2D eigenvalue weighted by molar-refractivity contribution is 8.00. The Hall–Kier alpha value is -2.80. The molecule has 146 valence electrons. The van der Waals surface area contributed by atoms with Crippen LogP contribution in [0.1, 0.15) is 25.2 Å². The second-order valence-electron chi connectivity index (χ2n) is 6.08. The van der Waals surface area contributed by atoms with Crippen LogP contribution in [0, 0.1) is 0 Å². The Kier molecular flexibility index (Phi) is 6.71. The Morgan fingerprint density at radius 2 is 1.82 bits per heavy atom. The minimum absolute atomic E-state index is 0.272. The molecule has 0 spiro atoms. The van der Waals surface area contributed by atoms with Gasteiger partial charge in [0.05, 0.1) is 19.4 Å². The van der Waals surface area contributed by atoms with Crippen LogP contribution in [0.25, 0.3) is 5.69 Å². The van der Waals surface area contributed by atoms with Gasteiger partial charge in [0.25, 0.3) is 0 Å². The van der Waals surface area contributed by atoms with E-state index < -0.39 is 5.25 Å². The number of hydrogen-bond donors (Lipinski definition) is 0. The summed E-state index contributed by atoms with van der Waals surface area (Å²) < 4.78 is 12.6. The Morgan fingerprint density at radius 1 is 1.11 bits per heavy atom. The molecule has 0 fully saturated rings. The second kappa shape index (κ2) is 9.41. The van der Waals surface area contributed by atoms with Crippen molar-refractivity contribution >= 4 is 17.7 Å². The van der Waals surface area contributed by atoms with Gasteiger partial charge in [-0.1, -0.05) is 54.2 Å². The molecule has 0 saturated carbocycles. The van der Waals surface area contributed by atoms with Crippen LogP contribution >= 0.6 is 11.8 Å². The smallest absolute Gasteiger partial charge is 0.319 e. The van der Waals surface area contributed by atoms with Crippen LogP contribution in [0.3, 0.4) is 0 Å². The molecule has 0 aliphatic carbocycles. The van der Waals surface area contributed by atoms with Crippen LogP contribution in [-0.4, -0.2) is 39.7 Å². The number of nitrogens with zero attached hydrogens (tertiary/aromatic N) is 3. The fourth-order valence-corrected chi connectivity index (χ4v) is 3.67. The van der Waals surface area contributed by atoms with Gasteiger partial charge in [-0.3, -0.25) is 9.36 Å². The largest absolute Gasteiger partial charge is 0.495 e. The van der Waals surface area contributed by atoms with Gasteiger partial charge in [-0.2, -0.15) is 0 Å². The lowest BCUT2D eigenvalue weighted by Gasteiger charge is -2.15. The fourth-order valence-electron chi connectivity index (χ4n) is 2.79. The van der Waals surface area contributed by atoms with Crippen molar-refractivity contribution in [3.05, 3.63) is 66.0 Å². The fraction of sp³-hybridized carbons (Fsp3) is 0.286. The highest BCUT2D eigenvalue weighted by Gasteiger charge is 2.23. The van der Waals surface area contributed by atoms with Crippen LogP contribution in [0.15, 0.2) is 59.8 Å². The Balaban J connectivity index is 2.01. The summed E-state index contributed by atoms with van der Waals surface area (Å²) in [5, 5.41) is 8.99. The molecule has 2 aromatic carbocycles. The third kappa shape index (κ3) is 4.54. The zero-order valence-corrected chi connectivity index (χ0v) is 17.0. The first kappa shape index (κ1) is 19.9. The zero-order chi connectivity index (χ0) is 19.9. The third-order valence-corrected chi connectivity index (χ3v) is 5.15. The quantitative estimate of drug-likeness (QED) is 0.424. The van der Waals surface area contributed by atoms with Gasteiger partial charge in [0, 0.05) is 6.42 Å². The van der Waals surface area contributed by atoms with E-state index in [1.54, 1.807) is 21.0 Å². The number of aromatic nitrogens is 3. The predicted molar refractivity (Wildman–Crippen MR) is 109 cm³/mol. The van der Waals surface area contributed by atoms with Gasteiger partial charge >= 0.3 is 5.97 Å². The van der Waals surface area contributed by atoms with Crippen LogP contribution < -0.4 is 4.74 Å². The number of ether oxygens (including phenoxy) is 2. The van der Waals surface area contributed by atoms with Crippen molar-refractivity contribution in [2.45, 2.75) is 30.7 Å². The number of rotatable bonds is 8. The van der Waals surface area contributed by atoms with E-state index in [2.05, 4.69) is 22.3 Å². The maximum Gasteiger partial charge on any atom is 0.319 e. The molecule has 7 heteroatoms. The van der Waals surface area contributed by atoms with Gasteiger partial charge in [-0.05, 0) is 31.5 Å². The van der Waals surface area contributed by atoms with E-state index in [-0.39, 0.29) is 5.97 Å². The van der Waals surface area contributed by atoms with Gasteiger partial charge in [0.2, 0.25) is 0 Å². The minimum atomic E-state index is -0.401. The summed E-state index contributed by atoms with van der Waals surface area (Å²) in [7, 11) is 1.63. The molecule has 1 unspecified atom stereocenters. The predicted octanol–water partition coefficient (Wildman–Crippen LogP) is 3.91. The Bertz CT molecular complexity index is 928. The normalized spacial score (nSPS) is 11.8. The van der Waals surface area contributed by atoms with Crippen LogP contribution in [0.2, 0.25) is 0 Å². The maximum atomic E-state index is 12.1. The topological polar surface area (TPSA) is 66.2 Å². The molecule has 1 atom stereocenters. The summed E-state index contributed by atoms with van der Waals surface area (Å²) in [5.41, 5.74) is 1.96. The number of para-hydroxylation sites is 2. The highest BCUT2D eigenvalue weighted by atomic mass is 32.2. The number of carbonyl (C=O) groups excluding carboxylic acids is 1. The molecule has 0 bridgehead atoms. The average molecular weight is 398 g/mol. The van der Waals surface area contributed by atoms with Gasteiger partial charge in [0.1, 0.15) is 16.8 Å². The summed E-state index contributed by atoms with van der Waals surface area (Å²) in [4.78, 5) is 12.1. The van der Waals surface area contributed by atoms with E-state index in [1.165, 1.54) is 11.8 Å². The van der Waals surface area contributed by atoms with E-state index in [1.807, 2.05) is 47.0 Å². The lowest BCUT2D eigenvalue weighted by molar-refractivity contribution is -0.142. The number of methoxy groups -OCH3 is 1. The van der Waals surface area contributed by atoms with Crippen molar-refractivity contribution in [1.29, 1.82) is 0 Å². The molecule has 0 aliphatic rings. The highest BCUT2D eigenvalue weighted by Crippen LogP contribution is 2.31. The van der Waals surface area contributed by atoms with Crippen molar-refractivity contribution in [3.8, 4) is 11.4 Å². The monoisotopic (exact) mass is 397 g/mol. The molecular formula is C21H23N3O3S. The van der Waals surface area contributed by atoms with Crippen molar-refractivity contribution in [3.63, 3.8) is 0 Å². The molecule has 6 nitrogen and oxygen atoms in total. The lowest BCUT2D eigenvalue weighted by Crippen LogP contribution is -2.17. The Labute approximate surface area is 168 Å². The molecule has 1 heterocycles. The summed E-state index contributed by atoms with van der Waals surface area (Å²) in [5.74, 6) is 1.21. The molecular weight excluding hydrogens is 374 g/mol. The number of esters is 1. The summed E-state index contributed by atoms with van der Waals surface area (Å²) in [6.45, 7) is 3.95. The first-order valence-electron chi connectivity index (χ1n) is 9.09. The number of benzene rings is 2. The number of carbonyl (C=O) groups is 1. The van der Waals surface area contributed by atoms with Crippen molar-refractivity contribution < 1.29 is 14.3 Å². The summed E-state index contributed by atoms with van der Waals surface area (Å²) in [6.07, 6.45) is 0.611. The van der Waals surface area contributed by atoms with Gasteiger partial charge in [-0.25, -0.2) is 0 Å². The molecule has 0 amide bonds. The van der Waals surface area contributed by atoms with Crippen LogP contribution in [-0.2, 0) is 16.0 Å². The molecule has 3 rings (SSSR count). The standard InChI is InChI=1S/C21H23N3O3S/c1-4-27-20(25)15(2)28-21-23-22-19(14-16-10-6-5-7-11-16)24(21)17-12-8-9-13-18(17)26-3/h5-13,15H,4,14H2,1-3H3. The van der Waals surface area contributed by atoms with Crippen molar-refractivity contribution in [2.75, 3.05) is 13.7 Å². The van der Waals surface area contributed by atoms with Gasteiger partial charge < -0.3 is 9.47 Å². The van der Waals surface area contributed by atoms with E-state index >= 15 is 0 Å². The second-order valence-corrected chi connectivity index (χ2v) is 7.39. The molecule has 28 heavy (non-hydrogen) atoms. The van der Waals surface area contributed by atoms with E-state index in [0.717, 1.165) is 17.1 Å². The van der Waals surface area contributed by atoms with E-state index in [4.69, 9.17) is 9.47 Å². The van der Waals surface area contributed by atoms with Crippen molar-refractivity contribution in [2.24, 2.45) is 0 Å². The number of thioether (sulfide) groups is 1. The van der Waals surface area contributed by atoms with Gasteiger partial charge in [0.15, 0.2) is 5.16 Å². The molecule has 1 aromatic heterocycles. The molecule has 3 aromatic rings. The Morgan fingerprint density at radius 3 is 2.54 bits per heavy atom. The van der Waals surface area contributed by atoms with Crippen LogP contribution in [0.5, 0.6) is 5.75 Å². The third-order valence-electron chi connectivity index (χ3n) is 4.13. The van der Waals surface area contributed by atoms with E-state index in [0.29, 0.717) is 23.9 Å². The molecule has 0 radical (unpaired) electrons. The van der Waals surface area contributed by atoms with Gasteiger partial charge in [-0.15, -0.1) is 10.2 Å². The molecule has 0 saturated heterocycles. The number of hydrogen-bond acceptors (Lipinski definition) is 6. The minimum Gasteiger partial charge on any atom is -0.495 e. The lowest BCUT2D eigenvalue weighted by atomic mass is 10.1.